The molecule has 2 aromatic rings. The number of hydrogen-bond donors (Lipinski definition) is 2. The smallest absolute Gasteiger partial charge is 0.256 e. The van der Waals surface area contributed by atoms with E-state index in [1.165, 1.54) is 38.5 Å². The van der Waals surface area contributed by atoms with Gasteiger partial charge in [-0.15, -0.1) is 0 Å². The SMILES string of the molecule is Cc1ccn2ncc(C(=O)NCCNC3CCCCCC3)c2n1. The number of carbonyl (C=O) groups is 1. The molecule has 3 rings (SSSR count). The number of amides is 1. The minimum Gasteiger partial charge on any atom is -0.351 e. The molecule has 0 spiro atoms. The Kier molecular flexibility index (Phi) is 5.23. The maximum Gasteiger partial charge on any atom is 0.256 e. The van der Waals surface area contributed by atoms with Crippen LogP contribution in [0.4, 0.5) is 0 Å². The van der Waals surface area contributed by atoms with Crippen molar-refractivity contribution < 1.29 is 4.79 Å². The fourth-order valence-electron chi connectivity index (χ4n) is 3.15. The second-order valence-electron chi connectivity index (χ2n) is 6.29. The van der Waals surface area contributed by atoms with Gasteiger partial charge in [0.2, 0.25) is 0 Å². The molecule has 0 radical (unpaired) electrons. The Balaban J connectivity index is 1.49. The van der Waals surface area contributed by atoms with Gasteiger partial charge in [-0.3, -0.25) is 4.79 Å². The number of hydrogen-bond acceptors (Lipinski definition) is 4. The maximum absolute atomic E-state index is 12.3. The number of aromatic nitrogens is 3. The summed E-state index contributed by atoms with van der Waals surface area (Å²) in [5.74, 6) is -0.110. The summed E-state index contributed by atoms with van der Waals surface area (Å²) in [5.41, 5.74) is 2.02. The fraction of sp³-hybridized carbons (Fsp3) is 0.588. The summed E-state index contributed by atoms with van der Waals surface area (Å²) in [5, 5.41) is 10.7. The van der Waals surface area contributed by atoms with Crippen molar-refractivity contribution in [3.63, 3.8) is 0 Å². The number of aryl methyl sites for hydroxylation is 1. The van der Waals surface area contributed by atoms with Crippen LogP contribution in [0.5, 0.6) is 0 Å². The van der Waals surface area contributed by atoms with E-state index in [0.29, 0.717) is 23.8 Å². The van der Waals surface area contributed by atoms with Crippen molar-refractivity contribution in [3.8, 4) is 0 Å². The number of nitrogens with zero attached hydrogens (tertiary/aromatic N) is 3. The monoisotopic (exact) mass is 315 g/mol. The van der Waals surface area contributed by atoms with Crippen LogP contribution in [-0.2, 0) is 0 Å². The van der Waals surface area contributed by atoms with Crippen molar-refractivity contribution in [1.82, 2.24) is 25.2 Å². The molecule has 2 N–H and O–H groups in total. The average Bonchev–Trinajstić information content (AvgIpc) is 2.78. The molecule has 2 aromatic heterocycles. The third-order valence-corrected chi connectivity index (χ3v) is 4.45. The van der Waals surface area contributed by atoms with Crippen LogP contribution < -0.4 is 10.6 Å². The largest absolute Gasteiger partial charge is 0.351 e. The molecule has 6 heteroatoms. The van der Waals surface area contributed by atoms with Crippen molar-refractivity contribution in [3.05, 3.63) is 29.7 Å². The minimum absolute atomic E-state index is 0.110. The first-order valence-electron chi connectivity index (χ1n) is 8.56. The zero-order chi connectivity index (χ0) is 16.1. The zero-order valence-electron chi connectivity index (χ0n) is 13.7. The van der Waals surface area contributed by atoms with E-state index in [1.807, 2.05) is 19.2 Å². The second-order valence-corrected chi connectivity index (χ2v) is 6.29. The van der Waals surface area contributed by atoms with Crippen molar-refractivity contribution in [1.29, 1.82) is 0 Å². The van der Waals surface area contributed by atoms with E-state index in [1.54, 1.807) is 10.7 Å². The summed E-state index contributed by atoms with van der Waals surface area (Å²) in [4.78, 5) is 16.7. The van der Waals surface area contributed by atoms with Crippen molar-refractivity contribution in [2.45, 2.75) is 51.5 Å². The molecule has 1 aliphatic carbocycles. The highest BCUT2D eigenvalue weighted by molar-refractivity contribution is 5.99. The van der Waals surface area contributed by atoms with Gasteiger partial charge in [0.15, 0.2) is 5.65 Å². The lowest BCUT2D eigenvalue weighted by atomic mass is 10.1. The fourth-order valence-corrected chi connectivity index (χ4v) is 3.15. The van der Waals surface area contributed by atoms with E-state index >= 15 is 0 Å². The first-order valence-corrected chi connectivity index (χ1v) is 8.56. The van der Waals surface area contributed by atoms with Crippen molar-refractivity contribution in [2.24, 2.45) is 0 Å². The maximum atomic E-state index is 12.3. The number of fused-ring (bicyclic) bond motifs is 1. The Morgan fingerprint density at radius 1 is 1.26 bits per heavy atom. The van der Waals surface area contributed by atoms with Gasteiger partial charge in [-0.2, -0.15) is 5.10 Å². The molecule has 0 saturated heterocycles. The highest BCUT2D eigenvalue weighted by Crippen LogP contribution is 2.16. The Bertz CT molecular complexity index is 658. The Morgan fingerprint density at radius 3 is 2.83 bits per heavy atom. The average molecular weight is 315 g/mol. The first kappa shape index (κ1) is 15.9. The standard InChI is InChI=1S/C17H25N5O/c1-13-8-11-22-16(21-13)15(12-20-22)17(23)19-10-9-18-14-6-4-2-3-5-7-14/h8,11-12,14,18H,2-7,9-10H2,1H3,(H,19,23). The summed E-state index contributed by atoms with van der Waals surface area (Å²) in [6, 6.07) is 2.48. The Hall–Kier alpha value is -1.95. The van der Waals surface area contributed by atoms with Crippen LogP contribution >= 0.6 is 0 Å². The molecule has 1 fully saturated rings. The molecular formula is C17H25N5O. The molecule has 0 atom stereocenters. The van der Waals surface area contributed by atoms with Crippen molar-refractivity contribution in [2.75, 3.05) is 13.1 Å². The van der Waals surface area contributed by atoms with Crippen molar-refractivity contribution >= 4 is 11.6 Å². The summed E-state index contributed by atoms with van der Waals surface area (Å²) in [6.45, 7) is 3.34. The predicted octanol–water partition coefficient (Wildman–Crippen LogP) is 2.08. The van der Waals surface area contributed by atoms with E-state index < -0.39 is 0 Å². The molecule has 6 nitrogen and oxygen atoms in total. The zero-order valence-corrected chi connectivity index (χ0v) is 13.7. The van der Waals surface area contributed by atoms with E-state index in [9.17, 15) is 4.79 Å². The first-order chi connectivity index (χ1) is 11.2. The molecule has 23 heavy (non-hydrogen) atoms. The van der Waals surface area contributed by atoms with Gasteiger partial charge >= 0.3 is 0 Å². The van der Waals surface area contributed by atoms with Gasteiger partial charge in [-0.05, 0) is 25.8 Å². The third kappa shape index (κ3) is 4.07. The lowest BCUT2D eigenvalue weighted by Crippen LogP contribution is -2.36. The highest BCUT2D eigenvalue weighted by Gasteiger charge is 2.14. The van der Waals surface area contributed by atoms with Gasteiger partial charge < -0.3 is 10.6 Å². The summed E-state index contributed by atoms with van der Waals surface area (Å²) in [7, 11) is 0. The number of rotatable bonds is 5. The van der Waals surface area contributed by atoms with Gasteiger partial charge in [0.05, 0.1) is 6.20 Å². The summed E-state index contributed by atoms with van der Waals surface area (Å²) >= 11 is 0. The van der Waals surface area contributed by atoms with Crippen LogP contribution in [0.2, 0.25) is 0 Å². The van der Waals surface area contributed by atoms with Crippen LogP contribution in [0.15, 0.2) is 18.5 Å². The Morgan fingerprint density at radius 2 is 2.04 bits per heavy atom. The van der Waals surface area contributed by atoms with E-state index in [2.05, 4.69) is 20.7 Å². The topological polar surface area (TPSA) is 71.3 Å². The molecule has 0 aliphatic heterocycles. The molecule has 0 aromatic carbocycles. The van der Waals surface area contributed by atoms with E-state index in [0.717, 1.165) is 12.2 Å². The van der Waals surface area contributed by atoms with E-state index in [-0.39, 0.29) is 5.91 Å². The highest BCUT2D eigenvalue weighted by atomic mass is 16.1. The van der Waals surface area contributed by atoms with Crippen LogP contribution in [-0.4, -0.2) is 39.6 Å². The van der Waals surface area contributed by atoms with Crippen LogP contribution in [0.3, 0.4) is 0 Å². The summed E-state index contributed by atoms with van der Waals surface area (Å²) in [6.07, 6.45) is 11.3. The second kappa shape index (κ2) is 7.55. The van der Waals surface area contributed by atoms with Gasteiger partial charge in [-0.1, -0.05) is 25.7 Å². The number of nitrogens with one attached hydrogen (secondary N) is 2. The summed E-state index contributed by atoms with van der Waals surface area (Å²) < 4.78 is 1.63. The van der Waals surface area contributed by atoms with Crippen LogP contribution in [0.1, 0.15) is 54.6 Å². The molecule has 1 amide bonds. The van der Waals surface area contributed by atoms with Gasteiger partial charge in [0, 0.05) is 31.0 Å². The molecule has 0 unspecified atom stereocenters. The lowest BCUT2D eigenvalue weighted by molar-refractivity contribution is 0.0955. The molecular weight excluding hydrogens is 290 g/mol. The predicted molar refractivity (Wildman–Crippen MR) is 89.5 cm³/mol. The molecule has 1 aliphatic rings. The van der Waals surface area contributed by atoms with E-state index in [4.69, 9.17) is 0 Å². The molecule has 1 saturated carbocycles. The normalized spacial score (nSPS) is 16.4. The number of carbonyl (C=O) groups excluding carboxylic acids is 1. The molecule has 0 bridgehead atoms. The third-order valence-electron chi connectivity index (χ3n) is 4.45. The molecule has 124 valence electrons. The minimum atomic E-state index is -0.110. The van der Waals surface area contributed by atoms with Crippen LogP contribution in [0.25, 0.3) is 5.65 Å². The van der Waals surface area contributed by atoms with Gasteiger partial charge in [0.25, 0.3) is 5.91 Å². The van der Waals surface area contributed by atoms with Crippen LogP contribution in [0, 0.1) is 6.92 Å². The molecule has 2 heterocycles. The van der Waals surface area contributed by atoms with Gasteiger partial charge in [0.1, 0.15) is 5.56 Å². The lowest BCUT2D eigenvalue weighted by Gasteiger charge is -2.16. The van der Waals surface area contributed by atoms with Gasteiger partial charge in [-0.25, -0.2) is 9.50 Å². The quantitative estimate of drug-likeness (QED) is 0.654. The Labute approximate surface area is 136 Å².